The molecule has 0 atom stereocenters. The van der Waals surface area contributed by atoms with E-state index in [1.54, 1.807) is 6.92 Å². The summed E-state index contributed by atoms with van der Waals surface area (Å²) in [6, 6.07) is 1.54. The fourth-order valence-electron chi connectivity index (χ4n) is 1.15. The lowest BCUT2D eigenvalue weighted by Crippen LogP contribution is -2.30. The predicted octanol–water partition coefficient (Wildman–Crippen LogP) is -0.0102. The van der Waals surface area contributed by atoms with Crippen molar-refractivity contribution in [3.05, 3.63) is 29.6 Å². The maximum atomic E-state index is 11.2. The Bertz CT molecular complexity index is 503. The number of pyridine rings is 1. The van der Waals surface area contributed by atoms with Crippen molar-refractivity contribution in [3.63, 3.8) is 0 Å². The van der Waals surface area contributed by atoms with Crippen LogP contribution in [0.25, 0.3) is 0 Å². The van der Waals surface area contributed by atoms with Gasteiger partial charge in [0.05, 0.1) is 12.2 Å². The number of nitrogens with one attached hydrogen (secondary N) is 1. The van der Waals surface area contributed by atoms with E-state index in [0.717, 1.165) is 0 Å². The molecular weight excluding hydrogens is 234 g/mol. The van der Waals surface area contributed by atoms with Crippen molar-refractivity contribution in [2.45, 2.75) is 13.3 Å². The number of nitrogens with zero attached hydrogens (tertiary/aromatic N) is 1. The summed E-state index contributed by atoms with van der Waals surface area (Å²) in [5.74, 6) is 9.54. The lowest BCUT2D eigenvalue weighted by molar-refractivity contribution is -0.141. The third-order valence-electron chi connectivity index (χ3n) is 1.90. The van der Waals surface area contributed by atoms with E-state index in [0.29, 0.717) is 17.7 Å². The first-order valence-corrected chi connectivity index (χ1v) is 5.28. The maximum Gasteiger partial charge on any atom is 0.317 e. The predicted molar refractivity (Wildman–Crippen MR) is 64.0 cm³/mol. The molecule has 0 saturated carbocycles. The quantitative estimate of drug-likeness (QED) is 0.257. The third kappa shape index (κ3) is 4.23. The molecule has 6 nitrogen and oxygen atoms in total. The minimum atomic E-state index is -0.448. The van der Waals surface area contributed by atoms with E-state index < -0.39 is 5.91 Å². The zero-order valence-electron chi connectivity index (χ0n) is 9.90. The lowest BCUT2D eigenvalue weighted by Gasteiger charge is -1.98. The van der Waals surface area contributed by atoms with Crippen LogP contribution in [0.2, 0.25) is 0 Å². The molecule has 0 spiro atoms. The molecule has 6 heteroatoms. The van der Waals surface area contributed by atoms with E-state index in [-0.39, 0.29) is 12.4 Å². The summed E-state index contributed by atoms with van der Waals surface area (Å²) < 4.78 is 4.72. The molecule has 0 saturated heterocycles. The molecule has 1 aromatic heterocycles. The molecule has 1 rings (SSSR count). The van der Waals surface area contributed by atoms with Crippen LogP contribution in [-0.4, -0.2) is 23.5 Å². The standard InChI is InChI=1S/C12H13N3O3/c1-2-18-11(16)5-3-4-9-6-10(8-14-7-9)12(17)15-13/h6-8H,2,5,13H2,1H3,(H,15,17). The topological polar surface area (TPSA) is 94.3 Å². The first-order chi connectivity index (χ1) is 8.67. The van der Waals surface area contributed by atoms with E-state index in [9.17, 15) is 9.59 Å². The van der Waals surface area contributed by atoms with Gasteiger partial charge in [-0.1, -0.05) is 11.8 Å². The highest BCUT2D eigenvalue weighted by Crippen LogP contribution is 2.01. The van der Waals surface area contributed by atoms with Crippen LogP contribution in [0, 0.1) is 11.8 Å². The first kappa shape index (κ1) is 13.7. The number of amides is 1. The molecule has 0 fully saturated rings. The zero-order chi connectivity index (χ0) is 13.4. The molecule has 0 radical (unpaired) electrons. The monoisotopic (exact) mass is 247 g/mol. The highest BCUT2D eigenvalue weighted by molar-refractivity contribution is 5.93. The van der Waals surface area contributed by atoms with Crippen LogP contribution in [0.4, 0.5) is 0 Å². The van der Waals surface area contributed by atoms with Gasteiger partial charge in [0.2, 0.25) is 0 Å². The Balaban J connectivity index is 2.71. The van der Waals surface area contributed by atoms with Crippen LogP contribution in [0.1, 0.15) is 29.3 Å². The van der Waals surface area contributed by atoms with Crippen molar-refractivity contribution in [2.24, 2.45) is 5.84 Å². The number of hydrogen-bond acceptors (Lipinski definition) is 5. The molecule has 18 heavy (non-hydrogen) atoms. The van der Waals surface area contributed by atoms with E-state index >= 15 is 0 Å². The van der Waals surface area contributed by atoms with E-state index in [4.69, 9.17) is 10.6 Å². The van der Waals surface area contributed by atoms with Crippen LogP contribution < -0.4 is 11.3 Å². The number of nitrogen functional groups attached to an aromatic ring is 1. The fraction of sp³-hybridized carbons (Fsp3) is 0.250. The molecule has 0 aliphatic carbocycles. The average molecular weight is 247 g/mol. The molecule has 0 unspecified atom stereocenters. The van der Waals surface area contributed by atoms with Crippen molar-refractivity contribution < 1.29 is 14.3 Å². The van der Waals surface area contributed by atoms with Gasteiger partial charge in [-0.3, -0.25) is 20.0 Å². The number of rotatable bonds is 3. The van der Waals surface area contributed by atoms with Gasteiger partial charge in [-0.2, -0.15) is 0 Å². The van der Waals surface area contributed by atoms with Crippen molar-refractivity contribution in [3.8, 4) is 11.8 Å². The second-order valence-corrected chi connectivity index (χ2v) is 3.22. The van der Waals surface area contributed by atoms with Gasteiger partial charge in [0, 0.05) is 18.0 Å². The highest BCUT2D eigenvalue weighted by Gasteiger charge is 2.03. The Labute approximate surface area is 105 Å². The number of hydrogen-bond donors (Lipinski definition) is 2. The summed E-state index contributed by atoms with van der Waals surface area (Å²) in [6.45, 7) is 2.05. The number of carbonyl (C=O) groups excluding carboxylic acids is 2. The second-order valence-electron chi connectivity index (χ2n) is 3.22. The van der Waals surface area contributed by atoms with Gasteiger partial charge in [0.25, 0.3) is 5.91 Å². The van der Waals surface area contributed by atoms with E-state index in [1.165, 1.54) is 18.5 Å². The van der Waals surface area contributed by atoms with Crippen molar-refractivity contribution >= 4 is 11.9 Å². The van der Waals surface area contributed by atoms with Crippen molar-refractivity contribution in [1.82, 2.24) is 10.4 Å². The van der Waals surface area contributed by atoms with Crippen LogP contribution in [0.3, 0.4) is 0 Å². The molecule has 3 N–H and O–H groups in total. The van der Waals surface area contributed by atoms with Crippen molar-refractivity contribution in [1.29, 1.82) is 0 Å². The molecule has 94 valence electrons. The van der Waals surface area contributed by atoms with Gasteiger partial charge in [0.15, 0.2) is 0 Å². The van der Waals surface area contributed by atoms with Crippen LogP contribution in [-0.2, 0) is 9.53 Å². The molecule has 0 bridgehead atoms. The van der Waals surface area contributed by atoms with Gasteiger partial charge >= 0.3 is 5.97 Å². The summed E-state index contributed by atoms with van der Waals surface area (Å²) in [6.07, 6.45) is 2.87. The van der Waals surface area contributed by atoms with Gasteiger partial charge in [-0.25, -0.2) is 5.84 Å². The van der Waals surface area contributed by atoms with Gasteiger partial charge in [-0.15, -0.1) is 0 Å². The van der Waals surface area contributed by atoms with Gasteiger partial charge in [0.1, 0.15) is 6.42 Å². The zero-order valence-corrected chi connectivity index (χ0v) is 9.90. The number of hydrazine groups is 1. The Morgan fingerprint density at radius 3 is 2.94 bits per heavy atom. The SMILES string of the molecule is CCOC(=O)CC#Cc1cncc(C(=O)NN)c1. The van der Waals surface area contributed by atoms with Gasteiger partial charge < -0.3 is 4.74 Å². The molecule has 1 amide bonds. The van der Waals surface area contributed by atoms with Crippen LogP contribution in [0.5, 0.6) is 0 Å². The summed E-state index contributed by atoms with van der Waals surface area (Å²) in [5.41, 5.74) is 2.83. The molecule has 0 aliphatic heterocycles. The summed E-state index contributed by atoms with van der Waals surface area (Å²) >= 11 is 0. The average Bonchev–Trinajstić information content (AvgIpc) is 2.38. The largest absolute Gasteiger partial charge is 0.465 e. The number of carbonyl (C=O) groups is 2. The number of aromatic nitrogens is 1. The fourth-order valence-corrected chi connectivity index (χ4v) is 1.15. The molecule has 1 heterocycles. The maximum absolute atomic E-state index is 11.2. The van der Waals surface area contributed by atoms with Crippen LogP contribution >= 0.6 is 0 Å². The van der Waals surface area contributed by atoms with Crippen molar-refractivity contribution in [2.75, 3.05) is 6.61 Å². The molecular formula is C12H13N3O3. The van der Waals surface area contributed by atoms with E-state index in [2.05, 4.69) is 16.8 Å². The number of ether oxygens (including phenoxy) is 1. The highest BCUT2D eigenvalue weighted by atomic mass is 16.5. The smallest absolute Gasteiger partial charge is 0.317 e. The van der Waals surface area contributed by atoms with Gasteiger partial charge in [-0.05, 0) is 13.0 Å². The Hall–Kier alpha value is -2.39. The molecule has 0 aliphatic rings. The third-order valence-corrected chi connectivity index (χ3v) is 1.90. The normalized spacial score (nSPS) is 9.00. The second kappa shape index (κ2) is 7.04. The Morgan fingerprint density at radius 2 is 2.28 bits per heavy atom. The number of esters is 1. The summed E-state index contributed by atoms with van der Waals surface area (Å²) in [5, 5.41) is 0. The summed E-state index contributed by atoms with van der Waals surface area (Å²) in [4.78, 5) is 26.1. The first-order valence-electron chi connectivity index (χ1n) is 5.28. The lowest BCUT2D eigenvalue weighted by atomic mass is 10.2. The van der Waals surface area contributed by atoms with E-state index in [1.807, 2.05) is 5.43 Å². The Kier molecular flexibility index (Phi) is 5.35. The Morgan fingerprint density at radius 1 is 1.50 bits per heavy atom. The number of nitrogens with two attached hydrogens (primary N) is 1. The minimum absolute atomic E-state index is 0.00114. The molecule has 1 aromatic rings. The minimum Gasteiger partial charge on any atom is -0.465 e. The summed E-state index contributed by atoms with van der Waals surface area (Å²) in [7, 11) is 0. The van der Waals surface area contributed by atoms with Crippen LogP contribution in [0.15, 0.2) is 18.5 Å². The molecule has 0 aromatic carbocycles.